The van der Waals surface area contributed by atoms with Crippen molar-refractivity contribution in [2.45, 2.75) is 20.3 Å². The van der Waals surface area contributed by atoms with Crippen LogP contribution in [0.1, 0.15) is 28.7 Å². The summed E-state index contributed by atoms with van der Waals surface area (Å²) in [5.74, 6) is -0.248. The largest absolute Gasteiger partial charge is 0.319 e. The fraction of sp³-hybridized carbons (Fsp3) is 0.176. The fourth-order valence-electron chi connectivity index (χ4n) is 2.45. The summed E-state index contributed by atoms with van der Waals surface area (Å²) >= 11 is 12.0. The van der Waals surface area contributed by atoms with Gasteiger partial charge in [0.2, 0.25) is 0 Å². The van der Waals surface area contributed by atoms with E-state index in [1.54, 1.807) is 22.6 Å². The molecule has 1 amide bonds. The Kier molecular flexibility index (Phi) is 4.28. The molecular formula is C17H15Cl2N3O. The van der Waals surface area contributed by atoms with E-state index in [4.69, 9.17) is 23.2 Å². The minimum atomic E-state index is -0.248. The number of benzene rings is 1. The molecule has 23 heavy (non-hydrogen) atoms. The number of carbonyl (C=O) groups is 1. The van der Waals surface area contributed by atoms with Gasteiger partial charge in [-0.25, -0.2) is 4.98 Å². The molecule has 3 rings (SSSR count). The first-order valence-corrected chi connectivity index (χ1v) is 7.99. The van der Waals surface area contributed by atoms with Crippen LogP contribution in [0.2, 0.25) is 10.0 Å². The molecule has 1 N–H and O–H groups in total. The average Bonchev–Trinajstić information content (AvgIpc) is 2.87. The SMILES string of the molecule is CCc1nc2cc(C)ccn2c1C(=O)Nc1ccc(Cl)cc1Cl. The quantitative estimate of drug-likeness (QED) is 0.741. The maximum Gasteiger partial charge on any atom is 0.274 e. The number of amides is 1. The van der Waals surface area contributed by atoms with Gasteiger partial charge in [-0.05, 0) is 49.2 Å². The molecule has 3 aromatic rings. The highest BCUT2D eigenvalue weighted by molar-refractivity contribution is 6.36. The Morgan fingerprint density at radius 2 is 2.04 bits per heavy atom. The molecule has 0 bridgehead atoms. The van der Waals surface area contributed by atoms with Crippen molar-refractivity contribution in [1.29, 1.82) is 0 Å². The van der Waals surface area contributed by atoms with Crippen LogP contribution >= 0.6 is 23.2 Å². The number of imidazole rings is 1. The minimum Gasteiger partial charge on any atom is -0.319 e. The smallest absolute Gasteiger partial charge is 0.274 e. The van der Waals surface area contributed by atoms with E-state index in [9.17, 15) is 4.79 Å². The summed E-state index contributed by atoms with van der Waals surface area (Å²) in [4.78, 5) is 17.3. The third kappa shape index (κ3) is 3.05. The Labute approximate surface area is 144 Å². The number of halogens is 2. The number of anilines is 1. The van der Waals surface area contributed by atoms with E-state index < -0.39 is 0 Å². The number of nitrogens with one attached hydrogen (secondary N) is 1. The van der Waals surface area contributed by atoms with Crippen molar-refractivity contribution in [2.75, 3.05) is 5.32 Å². The molecule has 1 aromatic carbocycles. The van der Waals surface area contributed by atoms with Gasteiger partial charge in [-0.3, -0.25) is 9.20 Å². The second kappa shape index (κ2) is 6.22. The van der Waals surface area contributed by atoms with Crippen molar-refractivity contribution in [1.82, 2.24) is 9.38 Å². The number of fused-ring (bicyclic) bond motifs is 1. The van der Waals surface area contributed by atoms with Gasteiger partial charge in [0.25, 0.3) is 5.91 Å². The molecule has 0 spiro atoms. The van der Waals surface area contributed by atoms with Crippen LogP contribution in [0.15, 0.2) is 36.5 Å². The van der Waals surface area contributed by atoms with Crippen molar-refractivity contribution < 1.29 is 4.79 Å². The second-order valence-corrected chi connectivity index (χ2v) is 6.11. The monoisotopic (exact) mass is 347 g/mol. The van der Waals surface area contributed by atoms with Crippen LogP contribution in [-0.4, -0.2) is 15.3 Å². The van der Waals surface area contributed by atoms with Crippen molar-refractivity contribution in [3.63, 3.8) is 0 Å². The van der Waals surface area contributed by atoms with Gasteiger partial charge in [-0.15, -0.1) is 0 Å². The van der Waals surface area contributed by atoms with E-state index in [1.165, 1.54) is 0 Å². The Morgan fingerprint density at radius 3 is 2.74 bits per heavy atom. The Bertz CT molecular complexity index is 902. The van der Waals surface area contributed by atoms with E-state index in [1.807, 2.05) is 32.2 Å². The lowest BCUT2D eigenvalue weighted by molar-refractivity contribution is 0.102. The molecule has 6 heteroatoms. The van der Waals surface area contributed by atoms with Crippen LogP contribution < -0.4 is 5.32 Å². The summed E-state index contributed by atoms with van der Waals surface area (Å²) in [6.07, 6.45) is 2.52. The Morgan fingerprint density at radius 1 is 1.26 bits per heavy atom. The molecule has 0 aliphatic heterocycles. The summed E-state index contributed by atoms with van der Waals surface area (Å²) in [6.45, 7) is 3.97. The summed E-state index contributed by atoms with van der Waals surface area (Å²) in [6, 6.07) is 8.85. The van der Waals surface area contributed by atoms with Crippen LogP contribution in [0.4, 0.5) is 5.69 Å². The lowest BCUT2D eigenvalue weighted by Gasteiger charge is -2.08. The first-order valence-electron chi connectivity index (χ1n) is 7.23. The van der Waals surface area contributed by atoms with Gasteiger partial charge in [-0.2, -0.15) is 0 Å². The first kappa shape index (κ1) is 15.8. The fourth-order valence-corrected chi connectivity index (χ4v) is 2.91. The molecule has 2 aromatic heterocycles. The summed E-state index contributed by atoms with van der Waals surface area (Å²) in [5, 5.41) is 3.75. The zero-order valence-corrected chi connectivity index (χ0v) is 14.2. The van der Waals surface area contributed by atoms with Crippen LogP contribution in [0, 0.1) is 6.92 Å². The molecule has 0 aliphatic carbocycles. The first-order chi connectivity index (χ1) is 11.0. The highest BCUT2D eigenvalue weighted by Crippen LogP contribution is 2.26. The number of rotatable bonds is 3. The summed E-state index contributed by atoms with van der Waals surface area (Å²) in [7, 11) is 0. The molecule has 0 radical (unpaired) electrons. The molecule has 0 saturated carbocycles. The number of hydrogen-bond donors (Lipinski definition) is 1. The standard InChI is InChI=1S/C17H15Cl2N3O/c1-3-13-16(22-7-6-10(2)8-15(22)20-13)17(23)21-14-5-4-11(18)9-12(14)19/h4-9H,3H2,1-2H3,(H,21,23). The molecule has 2 heterocycles. The number of pyridine rings is 1. The lowest BCUT2D eigenvalue weighted by atomic mass is 10.2. The maximum atomic E-state index is 12.7. The topological polar surface area (TPSA) is 46.4 Å². The van der Waals surface area contributed by atoms with Gasteiger partial charge in [-0.1, -0.05) is 30.1 Å². The summed E-state index contributed by atoms with van der Waals surface area (Å²) in [5.41, 5.74) is 3.64. The van der Waals surface area contributed by atoms with Gasteiger partial charge in [0.1, 0.15) is 11.3 Å². The highest BCUT2D eigenvalue weighted by atomic mass is 35.5. The van der Waals surface area contributed by atoms with E-state index in [-0.39, 0.29) is 5.91 Å². The van der Waals surface area contributed by atoms with E-state index in [0.717, 1.165) is 16.9 Å². The van der Waals surface area contributed by atoms with Crippen molar-refractivity contribution >= 4 is 40.4 Å². The molecule has 0 atom stereocenters. The van der Waals surface area contributed by atoms with Gasteiger partial charge in [0, 0.05) is 11.2 Å². The van der Waals surface area contributed by atoms with Crippen LogP contribution in [-0.2, 0) is 6.42 Å². The predicted octanol–water partition coefficient (Wildman–Crippen LogP) is 4.76. The number of hydrogen-bond acceptors (Lipinski definition) is 2. The van der Waals surface area contributed by atoms with Crippen LogP contribution in [0.25, 0.3) is 5.65 Å². The maximum absolute atomic E-state index is 12.7. The molecule has 4 nitrogen and oxygen atoms in total. The van der Waals surface area contributed by atoms with Gasteiger partial charge in [0.05, 0.1) is 16.4 Å². The highest BCUT2D eigenvalue weighted by Gasteiger charge is 2.19. The summed E-state index contributed by atoms with van der Waals surface area (Å²) < 4.78 is 1.80. The third-order valence-corrected chi connectivity index (χ3v) is 4.13. The van der Waals surface area contributed by atoms with Crippen LogP contribution in [0.3, 0.4) is 0 Å². The molecule has 0 unspecified atom stereocenters. The van der Waals surface area contributed by atoms with E-state index in [2.05, 4.69) is 10.3 Å². The average molecular weight is 348 g/mol. The van der Waals surface area contributed by atoms with Gasteiger partial charge in [0.15, 0.2) is 0 Å². The molecule has 0 aliphatic rings. The molecule has 118 valence electrons. The zero-order chi connectivity index (χ0) is 16.6. The third-order valence-electron chi connectivity index (χ3n) is 3.58. The molecule has 0 saturated heterocycles. The number of nitrogens with zero attached hydrogens (tertiary/aromatic N) is 2. The van der Waals surface area contributed by atoms with E-state index >= 15 is 0 Å². The zero-order valence-electron chi connectivity index (χ0n) is 12.7. The van der Waals surface area contributed by atoms with Gasteiger partial charge < -0.3 is 5.32 Å². The van der Waals surface area contributed by atoms with Gasteiger partial charge >= 0.3 is 0 Å². The second-order valence-electron chi connectivity index (χ2n) is 5.27. The normalized spacial score (nSPS) is 11.0. The Hall–Kier alpha value is -2.04. The Balaban J connectivity index is 2.03. The molecule has 0 fully saturated rings. The lowest BCUT2D eigenvalue weighted by Crippen LogP contribution is -2.16. The van der Waals surface area contributed by atoms with Crippen molar-refractivity contribution in [3.8, 4) is 0 Å². The van der Waals surface area contributed by atoms with Crippen molar-refractivity contribution in [3.05, 3.63) is 63.5 Å². The van der Waals surface area contributed by atoms with Crippen molar-refractivity contribution in [2.24, 2.45) is 0 Å². The van der Waals surface area contributed by atoms with E-state index in [0.29, 0.717) is 27.8 Å². The predicted molar refractivity (Wildman–Crippen MR) is 93.7 cm³/mol. The number of carbonyl (C=O) groups excluding carboxylic acids is 1. The number of aromatic nitrogens is 2. The van der Waals surface area contributed by atoms with Crippen LogP contribution in [0.5, 0.6) is 0 Å². The molecular weight excluding hydrogens is 333 g/mol. The number of aryl methyl sites for hydroxylation is 2. The minimum absolute atomic E-state index is 0.248.